The number of aromatic nitrogens is 3. The van der Waals surface area contributed by atoms with Gasteiger partial charge < -0.3 is 29.3 Å². The maximum Gasteiger partial charge on any atom is 0.319 e. The van der Waals surface area contributed by atoms with Gasteiger partial charge in [-0.05, 0) is 86.9 Å². The standard InChI is InChI=1S/C41H47F2N5O5.CH4/c1-4-6-14-47(23-49)38-34-37(35(43)36(44-39(34)51-3)30-19-28(50)18-24-10-11-31(42)29(5-2)33(24)30)45-40(46-38)53-22-41-12-7-9-32(41)48(15-8-13-41)27-16-25-20-52-21-26(25)17-27;/h2,10-11,18-19,25-27,32,49-50H,4,6-9,12-17,20-23H2,1,3H3;1H4. The van der Waals surface area contributed by atoms with Gasteiger partial charge in [0.05, 0.1) is 19.3 Å². The zero-order valence-corrected chi connectivity index (χ0v) is 30.4. The van der Waals surface area contributed by atoms with Crippen LogP contribution in [0.1, 0.15) is 77.7 Å². The maximum atomic E-state index is 17.2. The summed E-state index contributed by atoms with van der Waals surface area (Å²) in [5.41, 5.74) is -0.462. The smallest absolute Gasteiger partial charge is 0.319 e. The number of aliphatic hydroxyl groups excluding tert-OH is 1. The number of likely N-dealkylation sites (tertiary alicyclic amines) is 1. The summed E-state index contributed by atoms with van der Waals surface area (Å²) < 4.78 is 50.3. The Morgan fingerprint density at radius 2 is 1.87 bits per heavy atom. The van der Waals surface area contributed by atoms with Crippen LogP contribution in [0.2, 0.25) is 0 Å². The molecule has 12 heteroatoms. The van der Waals surface area contributed by atoms with Gasteiger partial charge in [-0.3, -0.25) is 4.90 Å². The van der Waals surface area contributed by atoms with Crippen molar-refractivity contribution in [2.45, 2.75) is 84.2 Å². The number of rotatable bonds is 11. The molecule has 54 heavy (non-hydrogen) atoms. The topological polar surface area (TPSA) is 113 Å². The summed E-state index contributed by atoms with van der Waals surface area (Å²) in [6.07, 6.45) is 15.1. The Balaban J connectivity index is 0.00000450. The van der Waals surface area contributed by atoms with Crippen molar-refractivity contribution in [1.82, 2.24) is 19.9 Å². The zero-order valence-electron chi connectivity index (χ0n) is 30.4. The molecule has 2 saturated heterocycles. The van der Waals surface area contributed by atoms with Crippen molar-refractivity contribution in [3.8, 4) is 41.2 Å². The first-order valence-corrected chi connectivity index (χ1v) is 19.0. The number of phenols is 1. The number of aliphatic hydroxyl groups is 1. The van der Waals surface area contributed by atoms with E-state index < -0.39 is 18.4 Å². The SMILES string of the molecule is C.C#Cc1c(F)ccc2cc(O)cc(-c3nc(OC)c4c(N(CO)CCCC)nc(OCC56CCCC5N(C5CC7COCC7C5)CCC6)nc4c3F)c12. The molecule has 2 aromatic heterocycles. The molecular formula is C42H51F2N5O5. The van der Waals surface area contributed by atoms with Gasteiger partial charge in [0.2, 0.25) is 5.88 Å². The van der Waals surface area contributed by atoms with E-state index in [1.807, 2.05) is 6.92 Å². The lowest BCUT2D eigenvalue weighted by molar-refractivity contribution is -0.0246. The van der Waals surface area contributed by atoms with Crippen LogP contribution in [0.15, 0.2) is 24.3 Å². The highest BCUT2D eigenvalue weighted by Crippen LogP contribution is 2.51. The molecule has 4 aliphatic rings. The molecule has 8 rings (SSSR count). The van der Waals surface area contributed by atoms with Gasteiger partial charge in [-0.2, -0.15) is 9.97 Å². The van der Waals surface area contributed by atoms with Crippen LogP contribution in [-0.2, 0) is 4.74 Å². The summed E-state index contributed by atoms with van der Waals surface area (Å²) >= 11 is 0. The minimum atomic E-state index is -0.849. The number of terminal acetylenes is 1. The molecule has 4 unspecified atom stereocenters. The minimum Gasteiger partial charge on any atom is -0.508 e. The molecule has 4 heterocycles. The second-order valence-electron chi connectivity index (χ2n) is 15.3. The van der Waals surface area contributed by atoms with Gasteiger partial charge in [0, 0.05) is 48.2 Å². The van der Waals surface area contributed by atoms with E-state index in [2.05, 4.69) is 20.8 Å². The van der Waals surface area contributed by atoms with Gasteiger partial charge in [0.25, 0.3) is 0 Å². The molecule has 4 aromatic rings. The van der Waals surface area contributed by atoms with Crippen LogP contribution < -0.4 is 14.4 Å². The largest absolute Gasteiger partial charge is 0.508 e. The fraction of sp³-hybridized carbons (Fsp3) is 0.548. The number of benzene rings is 2. The van der Waals surface area contributed by atoms with Crippen molar-refractivity contribution >= 4 is 27.5 Å². The van der Waals surface area contributed by atoms with Crippen LogP contribution in [0.25, 0.3) is 32.9 Å². The molecule has 4 fully saturated rings. The second kappa shape index (κ2) is 15.4. The molecule has 0 bridgehead atoms. The first-order valence-electron chi connectivity index (χ1n) is 19.0. The number of anilines is 1. The molecule has 288 valence electrons. The van der Waals surface area contributed by atoms with Gasteiger partial charge >= 0.3 is 6.01 Å². The third-order valence-electron chi connectivity index (χ3n) is 12.4. The Labute approximate surface area is 315 Å². The van der Waals surface area contributed by atoms with E-state index in [0.29, 0.717) is 42.5 Å². The Kier molecular flexibility index (Phi) is 10.9. The number of pyridine rings is 1. The van der Waals surface area contributed by atoms with Crippen LogP contribution in [-0.4, -0.2) is 88.9 Å². The van der Waals surface area contributed by atoms with Crippen molar-refractivity contribution in [3.05, 3.63) is 41.5 Å². The molecule has 0 radical (unpaired) electrons. The lowest BCUT2D eigenvalue weighted by Gasteiger charge is -2.48. The van der Waals surface area contributed by atoms with Gasteiger partial charge in [-0.25, -0.2) is 13.8 Å². The molecule has 2 aliphatic heterocycles. The number of piperidine rings is 1. The molecule has 2 saturated carbocycles. The van der Waals surface area contributed by atoms with E-state index in [9.17, 15) is 10.2 Å². The molecule has 10 nitrogen and oxygen atoms in total. The normalized spacial score (nSPS) is 25.0. The van der Waals surface area contributed by atoms with Crippen LogP contribution in [0.4, 0.5) is 14.6 Å². The van der Waals surface area contributed by atoms with E-state index >= 15 is 8.78 Å². The maximum absolute atomic E-state index is 17.2. The lowest BCUT2D eigenvalue weighted by atomic mass is 9.75. The van der Waals surface area contributed by atoms with Crippen molar-refractivity contribution in [2.75, 3.05) is 51.7 Å². The number of unbranched alkanes of at least 4 members (excludes halogenated alkanes) is 1. The molecule has 2 N–H and O–H groups in total. The van der Waals surface area contributed by atoms with Crippen molar-refractivity contribution in [2.24, 2.45) is 17.3 Å². The number of hydrogen-bond acceptors (Lipinski definition) is 10. The van der Waals surface area contributed by atoms with Gasteiger partial charge in [0.1, 0.15) is 34.9 Å². The summed E-state index contributed by atoms with van der Waals surface area (Å²) in [6, 6.07) is 6.35. The van der Waals surface area contributed by atoms with E-state index in [-0.39, 0.29) is 69.4 Å². The van der Waals surface area contributed by atoms with E-state index in [1.165, 1.54) is 44.2 Å². The summed E-state index contributed by atoms with van der Waals surface area (Å²) in [7, 11) is 1.40. The number of phenolic OH excluding ortho intramolecular Hbond substituents is 1. The van der Waals surface area contributed by atoms with E-state index in [4.69, 9.17) is 25.6 Å². The average molecular weight is 744 g/mol. The number of nitrogens with zero attached hydrogens (tertiary/aromatic N) is 5. The number of methoxy groups -OCH3 is 1. The summed E-state index contributed by atoms with van der Waals surface area (Å²) in [5, 5.41) is 22.1. The van der Waals surface area contributed by atoms with Crippen molar-refractivity contribution < 1.29 is 33.2 Å². The van der Waals surface area contributed by atoms with Gasteiger partial charge in [0.15, 0.2) is 11.6 Å². The van der Waals surface area contributed by atoms with Crippen LogP contribution >= 0.6 is 0 Å². The molecule has 2 aliphatic carbocycles. The van der Waals surface area contributed by atoms with Crippen LogP contribution in [0, 0.1) is 41.2 Å². The zero-order chi connectivity index (χ0) is 36.9. The quantitative estimate of drug-likeness (QED) is 0.119. The molecule has 0 spiro atoms. The highest BCUT2D eigenvalue weighted by Gasteiger charge is 2.52. The van der Waals surface area contributed by atoms with E-state index in [1.54, 1.807) is 4.90 Å². The summed E-state index contributed by atoms with van der Waals surface area (Å²) in [6.45, 7) is 5.31. The average Bonchev–Trinajstić information content (AvgIpc) is 3.91. The van der Waals surface area contributed by atoms with Gasteiger partial charge in [-0.15, -0.1) is 6.42 Å². The Bertz CT molecular complexity index is 2060. The van der Waals surface area contributed by atoms with Gasteiger partial charge in [-0.1, -0.05) is 39.2 Å². The van der Waals surface area contributed by atoms with Crippen molar-refractivity contribution in [3.63, 3.8) is 0 Å². The third-order valence-corrected chi connectivity index (χ3v) is 12.4. The third kappa shape index (κ3) is 6.48. The summed E-state index contributed by atoms with van der Waals surface area (Å²) in [4.78, 5) is 18.5. The molecule has 0 amide bonds. The van der Waals surface area contributed by atoms with Crippen LogP contribution in [0.5, 0.6) is 17.6 Å². The first-order chi connectivity index (χ1) is 25.8. The molecule has 4 atom stereocenters. The fourth-order valence-electron chi connectivity index (χ4n) is 9.88. The Morgan fingerprint density at radius 1 is 1.09 bits per heavy atom. The highest BCUT2D eigenvalue weighted by atomic mass is 19.1. The van der Waals surface area contributed by atoms with Crippen LogP contribution in [0.3, 0.4) is 0 Å². The Morgan fingerprint density at radius 3 is 2.59 bits per heavy atom. The van der Waals surface area contributed by atoms with Crippen molar-refractivity contribution in [1.29, 1.82) is 0 Å². The number of halogens is 2. The fourth-order valence-corrected chi connectivity index (χ4v) is 9.88. The molecular weight excluding hydrogens is 692 g/mol. The first kappa shape index (κ1) is 38.0. The monoisotopic (exact) mass is 743 g/mol. The predicted octanol–water partition coefficient (Wildman–Crippen LogP) is 7.45. The summed E-state index contributed by atoms with van der Waals surface area (Å²) in [5.74, 6) is 2.23. The predicted molar refractivity (Wildman–Crippen MR) is 205 cm³/mol. The lowest BCUT2D eigenvalue weighted by Crippen LogP contribution is -2.55. The highest BCUT2D eigenvalue weighted by molar-refractivity contribution is 6.04. The molecule has 2 aromatic carbocycles. The Hall–Kier alpha value is -4.31. The second-order valence-corrected chi connectivity index (χ2v) is 15.3. The minimum absolute atomic E-state index is 0. The number of fused-ring (bicyclic) bond motifs is 4. The van der Waals surface area contributed by atoms with E-state index in [0.717, 1.165) is 64.7 Å². The number of hydrogen-bond donors (Lipinski definition) is 2. The number of ether oxygens (including phenoxy) is 3. The number of aromatic hydroxyl groups is 1.